The molecule has 1 aliphatic carbocycles. The average molecular weight is 342 g/mol. The zero-order chi connectivity index (χ0) is 18.5. The molecule has 1 unspecified atom stereocenters. The Balaban J connectivity index is 3.26. The summed E-state index contributed by atoms with van der Waals surface area (Å²) >= 11 is 0. The normalized spacial score (nSPS) is 20.1. The van der Waals surface area contributed by atoms with Crippen LogP contribution >= 0.6 is 0 Å². The lowest BCUT2D eigenvalue weighted by atomic mass is 9.66. The lowest BCUT2D eigenvalue weighted by Crippen LogP contribution is -2.53. The Labute approximate surface area is 144 Å². The second-order valence-corrected chi connectivity index (χ2v) is 7.16. The minimum Gasteiger partial charge on any atom is -0.463 e. The van der Waals surface area contributed by atoms with Gasteiger partial charge in [0.1, 0.15) is 0 Å². The predicted octanol–water partition coefficient (Wildman–Crippen LogP) is 3.02. The molecular formula is C18H30O6. The molecule has 1 atom stereocenters. The molecule has 1 saturated carbocycles. The van der Waals surface area contributed by atoms with Gasteiger partial charge in [0.15, 0.2) is 5.41 Å². The van der Waals surface area contributed by atoms with Gasteiger partial charge in [-0.3, -0.25) is 14.4 Å². The molecular weight excluding hydrogens is 312 g/mol. The van der Waals surface area contributed by atoms with Gasteiger partial charge in [-0.15, -0.1) is 0 Å². The van der Waals surface area contributed by atoms with Crippen molar-refractivity contribution in [2.24, 2.45) is 11.3 Å². The summed E-state index contributed by atoms with van der Waals surface area (Å²) in [6, 6.07) is 0. The van der Waals surface area contributed by atoms with Crippen molar-refractivity contribution < 1.29 is 28.6 Å². The number of rotatable bonds is 6. The summed E-state index contributed by atoms with van der Waals surface area (Å²) in [6.07, 6.45) is 0.970. The van der Waals surface area contributed by atoms with E-state index in [0.29, 0.717) is 12.8 Å². The van der Waals surface area contributed by atoms with Crippen LogP contribution in [0.3, 0.4) is 0 Å². The first-order chi connectivity index (χ1) is 11.1. The highest BCUT2D eigenvalue weighted by Gasteiger charge is 2.59. The van der Waals surface area contributed by atoms with E-state index >= 15 is 0 Å². The Morgan fingerprint density at radius 1 is 0.792 bits per heavy atom. The van der Waals surface area contributed by atoms with Gasteiger partial charge in [0.2, 0.25) is 0 Å². The minimum absolute atomic E-state index is 0.238. The molecule has 0 saturated heterocycles. The van der Waals surface area contributed by atoms with E-state index in [-0.39, 0.29) is 24.7 Å². The first-order valence-electron chi connectivity index (χ1n) is 8.74. The van der Waals surface area contributed by atoms with Crippen LogP contribution in [-0.4, -0.2) is 36.2 Å². The molecule has 0 bridgehead atoms. The predicted molar refractivity (Wildman–Crippen MR) is 88.1 cm³/mol. The highest BCUT2D eigenvalue weighted by Crippen LogP contribution is 2.45. The number of esters is 3. The highest BCUT2D eigenvalue weighted by atomic mass is 16.6. The molecule has 0 aromatic carbocycles. The molecule has 0 amide bonds. The zero-order valence-corrected chi connectivity index (χ0v) is 15.6. The second-order valence-electron chi connectivity index (χ2n) is 7.16. The van der Waals surface area contributed by atoms with Gasteiger partial charge in [-0.05, 0) is 54.4 Å². The van der Waals surface area contributed by atoms with Gasteiger partial charge >= 0.3 is 17.9 Å². The summed E-state index contributed by atoms with van der Waals surface area (Å²) < 4.78 is 16.0. The van der Waals surface area contributed by atoms with Gasteiger partial charge in [-0.2, -0.15) is 0 Å². The molecule has 0 aromatic heterocycles. The molecule has 0 aromatic rings. The van der Waals surface area contributed by atoms with Crippen molar-refractivity contribution in [1.29, 1.82) is 0 Å². The fourth-order valence-electron chi connectivity index (χ4n) is 3.02. The van der Waals surface area contributed by atoms with Crippen LogP contribution < -0.4 is 0 Å². The lowest BCUT2D eigenvalue weighted by molar-refractivity contribution is -0.192. The highest BCUT2D eigenvalue weighted by molar-refractivity contribution is 6.04. The van der Waals surface area contributed by atoms with E-state index in [9.17, 15) is 14.4 Å². The Bertz CT molecular complexity index is 444. The van der Waals surface area contributed by atoms with E-state index in [1.165, 1.54) is 0 Å². The van der Waals surface area contributed by atoms with Gasteiger partial charge in [-0.25, -0.2) is 0 Å². The molecule has 0 radical (unpaired) electrons. The van der Waals surface area contributed by atoms with Crippen LogP contribution in [0.4, 0.5) is 0 Å². The fourth-order valence-corrected chi connectivity index (χ4v) is 3.02. The Morgan fingerprint density at radius 2 is 1.25 bits per heavy atom. The molecule has 1 rings (SSSR count). The van der Waals surface area contributed by atoms with Crippen LogP contribution in [0, 0.1) is 11.3 Å². The quantitative estimate of drug-likeness (QED) is 0.419. The first-order valence-corrected chi connectivity index (χ1v) is 8.74. The Kier molecular flexibility index (Phi) is 7.24. The molecule has 24 heavy (non-hydrogen) atoms. The molecule has 1 aliphatic rings. The van der Waals surface area contributed by atoms with Crippen LogP contribution in [0.25, 0.3) is 0 Å². The molecule has 6 nitrogen and oxygen atoms in total. The standard InChI is InChI=1S/C18H30O6/c1-11(2)22-15(19)14-9-7-8-10-18(14,16(20)23-12(3)4)17(21)24-13(5)6/h11-14H,7-10H2,1-6H3. The van der Waals surface area contributed by atoms with Crippen LogP contribution in [-0.2, 0) is 28.6 Å². The molecule has 138 valence electrons. The third kappa shape index (κ3) is 4.71. The molecule has 0 spiro atoms. The Hall–Kier alpha value is -1.59. The van der Waals surface area contributed by atoms with E-state index in [1.54, 1.807) is 41.5 Å². The first kappa shape index (κ1) is 20.5. The number of ether oxygens (including phenoxy) is 3. The molecule has 6 heteroatoms. The average Bonchev–Trinajstić information content (AvgIpc) is 2.44. The summed E-state index contributed by atoms with van der Waals surface area (Å²) in [7, 11) is 0. The van der Waals surface area contributed by atoms with Crippen molar-refractivity contribution in [1.82, 2.24) is 0 Å². The van der Waals surface area contributed by atoms with E-state index in [1.807, 2.05) is 0 Å². The van der Waals surface area contributed by atoms with E-state index in [4.69, 9.17) is 14.2 Å². The third-order valence-corrected chi connectivity index (χ3v) is 3.96. The molecule has 0 heterocycles. The fraction of sp³-hybridized carbons (Fsp3) is 0.833. The number of carbonyl (C=O) groups is 3. The van der Waals surface area contributed by atoms with Crippen molar-refractivity contribution in [3.8, 4) is 0 Å². The van der Waals surface area contributed by atoms with Gasteiger partial charge in [0.25, 0.3) is 0 Å². The van der Waals surface area contributed by atoms with Crippen LogP contribution in [0.1, 0.15) is 67.2 Å². The van der Waals surface area contributed by atoms with Gasteiger partial charge < -0.3 is 14.2 Å². The maximum atomic E-state index is 12.8. The van der Waals surface area contributed by atoms with Crippen molar-refractivity contribution in [2.75, 3.05) is 0 Å². The molecule has 0 aliphatic heterocycles. The summed E-state index contributed by atoms with van der Waals surface area (Å²) in [4.78, 5) is 38.2. The largest absolute Gasteiger partial charge is 0.463 e. The monoisotopic (exact) mass is 342 g/mol. The zero-order valence-electron chi connectivity index (χ0n) is 15.6. The number of carbonyl (C=O) groups excluding carboxylic acids is 3. The van der Waals surface area contributed by atoms with Crippen molar-refractivity contribution in [3.05, 3.63) is 0 Å². The van der Waals surface area contributed by atoms with Gasteiger partial charge in [0.05, 0.1) is 24.2 Å². The minimum atomic E-state index is -1.61. The van der Waals surface area contributed by atoms with Crippen molar-refractivity contribution in [2.45, 2.75) is 85.5 Å². The lowest BCUT2D eigenvalue weighted by Gasteiger charge is -2.39. The topological polar surface area (TPSA) is 78.9 Å². The summed E-state index contributed by atoms with van der Waals surface area (Å²) in [5, 5.41) is 0. The van der Waals surface area contributed by atoms with E-state index < -0.39 is 29.2 Å². The third-order valence-electron chi connectivity index (χ3n) is 3.96. The molecule has 1 fully saturated rings. The number of hydrogen-bond acceptors (Lipinski definition) is 6. The summed E-state index contributed by atoms with van der Waals surface area (Å²) in [5.41, 5.74) is -1.61. The smallest absolute Gasteiger partial charge is 0.324 e. The van der Waals surface area contributed by atoms with Gasteiger partial charge in [0, 0.05) is 0 Å². The summed E-state index contributed by atoms with van der Waals surface area (Å²) in [6.45, 7) is 10.3. The van der Waals surface area contributed by atoms with E-state index in [2.05, 4.69) is 0 Å². The second kappa shape index (κ2) is 8.49. The summed E-state index contributed by atoms with van der Waals surface area (Å²) in [5.74, 6) is -2.78. The maximum Gasteiger partial charge on any atom is 0.324 e. The van der Waals surface area contributed by atoms with Crippen LogP contribution in [0.15, 0.2) is 0 Å². The van der Waals surface area contributed by atoms with Crippen molar-refractivity contribution >= 4 is 17.9 Å². The van der Waals surface area contributed by atoms with Gasteiger partial charge in [-0.1, -0.05) is 12.8 Å². The SMILES string of the molecule is CC(C)OC(=O)C1CCCCC1(C(=O)OC(C)C)C(=O)OC(C)C. The van der Waals surface area contributed by atoms with Crippen molar-refractivity contribution in [3.63, 3.8) is 0 Å². The van der Waals surface area contributed by atoms with Crippen LogP contribution in [0.5, 0.6) is 0 Å². The Morgan fingerprint density at radius 3 is 1.67 bits per heavy atom. The maximum absolute atomic E-state index is 12.8. The van der Waals surface area contributed by atoms with Crippen LogP contribution in [0.2, 0.25) is 0 Å². The molecule has 0 N–H and O–H groups in total. The van der Waals surface area contributed by atoms with E-state index in [0.717, 1.165) is 6.42 Å². The number of hydrogen-bond donors (Lipinski definition) is 0.